The molecular formula is C21H30F3NO2. The van der Waals surface area contributed by atoms with Crippen molar-refractivity contribution in [3.05, 3.63) is 11.3 Å². The van der Waals surface area contributed by atoms with Crippen LogP contribution in [0, 0.1) is 17.8 Å². The highest BCUT2D eigenvalue weighted by Gasteiger charge is 2.49. The number of alkyl halides is 3. The number of carbonyl (C=O) groups excluding carboxylic acids is 1. The lowest BCUT2D eigenvalue weighted by Crippen LogP contribution is -2.52. The quantitative estimate of drug-likeness (QED) is 0.704. The van der Waals surface area contributed by atoms with Gasteiger partial charge in [-0.05, 0) is 56.9 Å². The predicted octanol–water partition coefficient (Wildman–Crippen LogP) is 5.26. The second kappa shape index (κ2) is 7.67. The van der Waals surface area contributed by atoms with Gasteiger partial charge in [0.05, 0.1) is 17.6 Å². The number of rotatable bonds is 2. The van der Waals surface area contributed by atoms with Gasteiger partial charge in [0.15, 0.2) is 0 Å². The van der Waals surface area contributed by atoms with Crippen molar-refractivity contribution in [2.24, 2.45) is 17.8 Å². The third-order valence-electron chi connectivity index (χ3n) is 7.11. The highest BCUT2D eigenvalue weighted by Crippen LogP contribution is 2.47. The van der Waals surface area contributed by atoms with Crippen molar-refractivity contribution >= 4 is 5.91 Å². The number of carbonyl (C=O) groups is 1. The Bertz CT molecular complexity index is 601. The normalized spacial score (nSPS) is 37.1. The molecule has 6 heteroatoms. The summed E-state index contributed by atoms with van der Waals surface area (Å²) in [6.45, 7) is 0. The number of hydrogen-bond donors (Lipinski definition) is 1. The zero-order valence-electron chi connectivity index (χ0n) is 15.8. The van der Waals surface area contributed by atoms with Crippen LogP contribution in [0.25, 0.3) is 0 Å². The molecule has 2 fully saturated rings. The first kappa shape index (κ1) is 19.1. The van der Waals surface area contributed by atoms with Crippen LogP contribution in [-0.4, -0.2) is 24.2 Å². The molecule has 152 valence electrons. The number of nitrogens with one attached hydrogen (secondary N) is 1. The third-order valence-corrected chi connectivity index (χ3v) is 7.11. The molecule has 5 atom stereocenters. The first-order valence-corrected chi connectivity index (χ1v) is 10.7. The Morgan fingerprint density at radius 2 is 1.63 bits per heavy atom. The summed E-state index contributed by atoms with van der Waals surface area (Å²) < 4.78 is 46.6. The first-order chi connectivity index (χ1) is 12.9. The molecule has 3 nitrogen and oxygen atoms in total. The van der Waals surface area contributed by atoms with E-state index >= 15 is 0 Å². The lowest BCUT2D eigenvalue weighted by Gasteiger charge is -2.45. The fraction of sp³-hybridized carbons (Fsp3) is 0.857. The monoisotopic (exact) mass is 385 g/mol. The van der Waals surface area contributed by atoms with E-state index in [1.807, 2.05) is 0 Å². The van der Waals surface area contributed by atoms with E-state index in [0.29, 0.717) is 12.8 Å². The van der Waals surface area contributed by atoms with Gasteiger partial charge in [0.1, 0.15) is 6.10 Å². The van der Waals surface area contributed by atoms with Crippen molar-refractivity contribution in [2.75, 3.05) is 0 Å². The largest absolute Gasteiger partial charge is 0.494 e. The van der Waals surface area contributed by atoms with Crippen LogP contribution in [0.3, 0.4) is 0 Å². The standard InChI is InChI=1S/C21H30F3NO2/c22-21(23,24)15-9-3-4-10-16(15)25-20(26)19-13-7-1-5-11-17(13)27-18-12-6-2-8-14(18)19/h13,15-17,19H,1-12H2,(H,25,26). The van der Waals surface area contributed by atoms with Crippen molar-refractivity contribution in [3.63, 3.8) is 0 Å². The molecule has 0 aromatic rings. The van der Waals surface area contributed by atoms with Gasteiger partial charge in [-0.2, -0.15) is 13.2 Å². The lowest BCUT2D eigenvalue weighted by atomic mass is 9.69. The minimum atomic E-state index is -4.24. The molecule has 4 rings (SSSR count). The second-order valence-electron chi connectivity index (χ2n) is 8.79. The highest BCUT2D eigenvalue weighted by atomic mass is 19.4. The molecule has 27 heavy (non-hydrogen) atoms. The minimum Gasteiger partial charge on any atom is -0.494 e. The summed E-state index contributed by atoms with van der Waals surface area (Å²) in [4.78, 5) is 13.3. The summed E-state index contributed by atoms with van der Waals surface area (Å²) >= 11 is 0. The average Bonchev–Trinajstić information content (AvgIpc) is 2.65. The molecule has 0 saturated heterocycles. The Kier molecular flexibility index (Phi) is 5.43. The predicted molar refractivity (Wildman–Crippen MR) is 95.8 cm³/mol. The van der Waals surface area contributed by atoms with Crippen molar-refractivity contribution < 1.29 is 22.7 Å². The van der Waals surface area contributed by atoms with Crippen molar-refractivity contribution in [1.29, 1.82) is 0 Å². The molecule has 0 aromatic carbocycles. The van der Waals surface area contributed by atoms with Gasteiger partial charge in [-0.1, -0.05) is 19.3 Å². The van der Waals surface area contributed by atoms with Gasteiger partial charge in [-0.15, -0.1) is 0 Å². The lowest BCUT2D eigenvalue weighted by molar-refractivity contribution is -0.189. The zero-order chi connectivity index (χ0) is 19.0. The van der Waals surface area contributed by atoms with Gasteiger partial charge in [-0.3, -0.25) is 4.79 Å². The van der Waals surface area contributed by atoms with E-state index in [0.717, 1.165) is 69.1 Å². The van der Waals surface area contributed by atoms with E-state index in [9.17, 15) is 18.0 Å². The van der Waals surface area contributed by atoms with Gasteiger partial charge in [0, 0.05) is 18.4 Å². The number of ether oxygens (including phenoxy) is 1. The maximum Gasteiger partial charge on any atom is 0.393 e. The second-order valence-corrected chi connectivity index (χ2v) is 8.79. The van der Waals surface area contributed by atoms with Crippen LogP contribution in [0.2, 0.25) is 0 Å². The summed E-state index contributed by atoms with van der Waals surface area (Å²) in [6.07, 6.45) is 5.64. The van der Waals surface area contributed by atoms with Crippen molar-refractivity contribution in [2.45, 2.75) is 95.4 Å². The molecule has 0 spiro atoms. The van der Waals surface area contributed by atoms with Crippen LogP contribution in [0.1, 0.15) is 77.0 Å². The van der Waals surface area contributed by atoms with Gasteiger partial charge < -0.3 is 10.1 Å². The van der Waals surface area contributed by atoms with Crippen LogP contribution in [0.15, 0.2) is 11.3 Å². The maximum atomic E-state index is 13.4. The number of halogens is 3. The minimum absolute atomic E-state index is 0.0659. The Hall–Kier alpha value is -1.20. The van der Waals surface area contributed by atoms with Crippen LogP contribution < -0.4 is 5.32 Å². The third kappa shape index (κ3) is 3.86. The van der Waals surface area contributed by atoms with Crippen molar-refractivity contribution in [3.8, 4) is 0 Å². The van der Waals surface area contributed by atoms with Gasteiger partial charge in [0.25, 0.3) is 0 Å². The van der Waals surface area contributed by atoms with Crippen LogP contribution >= 0.6 is 0 Å². The summed E-state index contributed by atoms with van der Waals surface area (Å²) in [5.41, 5.74) is 1.08. The fourth-order valence-corrected chi connectivity index (χ4v) is 5.78. The SMILES string of the molecule is O=C(NC1CCCCC1C(F)(F)F)C1C2=C(CCCC2)OC2CCCCC21. The summed E-state index contributed by atoms with van der Waals surface area (Å²) in [6, 6.07) is -0.774. The number of fused-ring (bicyclic) bond motifs is 1. The Balaban J connectivity index is 1.56. The number of hydrogen-bond acceptors (Lipinski definition) is 2. The molecule has 2 saturated carbocycles. The van der Waals surface area contributed by atoms with Gasteiger partial charge in [0.2, 0.25) is 5.91 Å². The van der Waals surface area contributed by atoms with E-state index < -0.39 is 18.1 Å². The zero-order valence-corrected chi connectivity index (χ0v) is 15.8. The molecule has 1 amide bonds. The smallest absolute Gasteiger partial charge is 0.393 e. The summed E-state index contributed by atoms with van der Waals surface area (Å²) in [5, 5.41) is 2.86. The maximum absolute atomic E-state index is 13.4. The van der Waals surface area contributed by atoms with E-state index in [-0.39, 0.29) is 30.3 Å². The van der Waals surface area contributed by atoms with Gasteiger partial charge >= 0.3 is 6.18 Å². The molecule has 1 aliphatic heterocycles. The van der Waals surface area contributed by atoms with Gasteiger partial charge in [-0.25, -0.2) is 0 Å². The molecular weight excluding hydrogens is 355 g/mol. The fourth-order valence-electron chi connectivity index (χ4n) is 5.78. The first-order valence-electron chi connectivity index (χ1n) is 10.7. The van der Waals surface area contributed by atoms with E-state index in [1.165, 1.54) is 0 Å². The molecule has 3 aliphatic carbocycles. The molecule has 4 aliphatic rings. The van der Waals surface area contributed by atoms with E-state index in [4.69, 9.17) is 4.74 Å². The average molecular weight is 385 g/mol. The Morgan fingerprint density at radius 3 is 2.44 bits per heavy atom. The van der Waals surface area contributed by atoms with Crippen LogP contribution in [0.5, 0.6) is 0 Å². The Labute approximate surface area is 159 Å². The van der Waals surface area contributed by atoms with Crippen molar-refractivity contribution in [1.82, 2.24) is 5.32 Å². The van der Waals surface area contributed by atoms with E-state index in [1.54, 1.807) is 0 Å². The van der Waals surface area contributed by atoms with E-state index in [2.05, 4.69) is 5.32 Å². The van der Waals surface area contributed by atoms with Crippen LogP contribution in [0.4, 0.5) is 13.2 Å². The molecule has 1 N–H and O–H groups in total. The molecule has 5 unspecified atom stereocenters. The van der Waals surface area contributed by atoms with Crippen LogP contribution in [-0.2, 0) is 9.53 Å². The Morgan fingerprint density at radius 1 is 0.926 bits per heavy atom. The molecule has 0 aromatic heterocycles. The number of allylic oxidation sites excluding steroid dienone is 1. The summed E-state index contributed by atoms with van der Waals surface area (Å²) in [7, 11) is 0. The highest BCUT2D eigenvalue weighted by molar-refractivity contribution is 5.82. The number of amides is 1. The molecule has 0 bridgehead atoms. The topological polar surface area (TPSA) is 38.3 Å². The summed E-state index contributed by atoms with van der Waals surface area (Å²) in [5.74, 6) is -0.762. The molecule has 0 radical (unpaired) electrons. The molecule has 1 heterocycles.